The third kappa shape index (κ3) is 5.13. The summed E-state index contributed by atoms with van der Waals surface area (Å²) < 4.78 is 13.1. The number of aliphatic hydroxyl groups excluding tert-OH is 1. The third-order valence-electron chi connectivity index (χ3n) is 4.06. The molecule has 0 spiro atoms. The van der Waals surface area contributed by atoms with Crippen molar-refractivity contribution in [2.24, 2.45) is 0 Å². The first kappa shape index (κ1) is 18.1. The molecule has 1 N–H and O–H groups in total. The predicted molar refractivity (Wildman–Crippen MR) is 90.7 cm³/mol. The first-order valence-corrected chi connectivity index (χ1v) is 8.17. The van der Waals surface area contributed by atoms with Gasteiger partial charge in [-0.15, -0.1) is 0 Å². The number of aromatic nitrogens is 1. The number of hydrogen-bond acceptors (Lipinski definition) is 3. The molecule has 1 heterocycles. The highest BCUT2D eigenvalue weighted by Gasteiger charge is 2.21. The van der Waals surface area contributed by atoms with Crippen LogP contribution in [0.2, 0.25) is 0 Å². The zero-order valence-corrected chi connectivity index (χ0v) is 13.9. The number of carbonyl (C=O) groups excluding carboxylic acids is 1. The molecular weight excluding hydrogens is 307 g/mol. The number of pyridine rings is 1. The fourth-order valence-corrected chi connectivity index (χ4v) is 2.60. The molecule has 1 aromatic carbocycles. The fraction of sp³-hybridized carbons (Fsp3) is 0.368. The Balaban J connectivity index is 2.06. The molecule has 0 aliphatic carbocycles. The van der Waals surface area contributed by atoms with Gasteiger partial charge in [-0.1, -0.05) is 25.1 Å². The Morgan fingerprint density at radius 2 is 2.00 bits per heavy atom. The molecule has 0 saturated carbocycles. The van der Waals surface area contributed by atoms with Crippen molar-refractivity contribution in [3.05, 3.63) is 65.7 Å². The van der Waals surface area contributed by atoms with E-state index >= 15 is 0 Å². The highest BCUT2D eigenvalue weighted by molar-refractivity contribution is 5.76. The standard InChI is InChI=1S/C19H23FN2O2/c1-2-18(14-23)22(13-16-5-8-17(20)9-6-16)19(24)10-7-15-4-3-11-21-12-15/h3-6,8-9,11-12,18,23H,2,7,10,13-14H2,1H3. The van der Waals surface area contributed by atoms with Crippen molar-refractivity contribution in [3.63, 3.8) is 0 Å². The number of carbonyl (C=O) groups is 1. The van der Waals surface area contributed by atoms with E-state index in [1.54, 1.807) is 29.4 Å². The molecule has 1 unspecified atom stereocenters. The summed E-state index contributed by atoms with van der Waals surface area (Å²) in [7, 11) is 0. The van der Waals surface area contributed by atoms with Gasteiger partial charge in [-0.3, -0.25) is 9.78 Å². The molecule has 0 aliphatic heterocycles. The van der Waals surface area contributed by atoms with Crippen LogP contribution in [-0.2, 0) is 17.8 Å². The summed E-state index contributed by atoms with van der Waals surface area (Å²) in [5.41, 5.74) is 1.85. The molecule has 1 amide bonds. The molecule has 0 saturated heterocycles. The number of amides is 1. The van der Waals surface area contributed by atoms with Crippen LogP contribution in [0.3, 0.4) is 0 Å². The maximum absolute atomic E-state index is 13.1. The van der Waals surface area contributed by atoms with Gasteiger partial charge in [0, 0.05) is 25.4 Å². The van der Waals surface area contributed by atoms with Crippen molar-refractivity contribution in [1.29, 1.82) is 0 Å². The maximum atomic E-state index is 13.1. The lowest BCUT2D eigenvalue weighted by Crippen LogP contribution is -2.41. The predicted octanol–water partition coefficient (Wildman–Crippen LogP) is 2.95. The average molecular weight is 330 g/mol. The van der Waals surface area contributed by atoms with Crippen LogP contribution in [0, 0.1) is 5.82 Å². The quantitative estimate of drug-likeness (QED) is 0.810. The number of rotatable bonds is 8. The van der Waals surface area contributed by atoms with E-state index in [1.807, 2.05) is 19.1 Å². The van der Waals surface area contributed by atoms with Gasteiger partial charge in [-0.05, 0) is 42.2 Å². The van der Waals surface area contributed by atoms with Crippen LogP contribution < -0.4 is 0 Å². The summed E-state index contributed by atoms with van der Waals surface area (Å²) in [5.74, 6) is -0.327. The van der Waals surface area contributed by atoms with E-state index in [1.165, 1.54) is 12.1 Å². The monoisotopic (exact) mass is 330 g/mol. The molecule has 128 valence electrons. The van der Waals surface area contributed by atoms with E-state index < -0.39 is 0 Å². The lowest BCUT2D eigenvalue weighted by molar-refractivity contribution is -0.135. The highest BCUT2D eigenvalue weighted by Crippen LogP contribution is 2.14. The average Bonchev–Trinajstić information content (AvgIpc) is 2.62. The van der Waals surface area contributed by atoms with Crippen molar-refractivity contribution >= 4 is 5.91 Å². The number of aliphatic hydroxyl groups is 1. The topological polar surface area (TPSA) is 53.4 Å². The van der Waals surface area contributed by atoms with E-state index in [2.05, 4.69) is 4.98 Å². The molecular formula is C19H23FN2O2. The first-order chi connectivity index (χ1) is 11.6. The van der Waals surface area contributed by atoms with E-state index in [0.717, 1.165) is 11.1 Å². The minimum Gasteiger partial charge on any atom is -0.394 e. The van der Waals surface area contributed by atoms with Gasteiger partial charge in [-0.2, -0.15) is 0 Å². The van der Waals surface area contributed by atoms with Crippen LogP contribution in [0.4, 0.5) is 4.39 Å². The van der Waals surface area contributed by atoms with Gasteiger partial charge >= 0.3 is 0 Å². The SMILES string of the molecule is CCC(CO)N(Cc1ccc(F)cc1)C(=O)CCc1cccnc1. The lowest BCUT2D eigenvalue weighted by atomic mass is 10.1. The van der Waals surface area contributed by atoms with Crippen LogP contribution in [0.5, 0.6) is 0 Å². The van der Waals surface area contributed by atoms with Crippen LogP contribution in [0.15, 0.2) is 48.8 Å². The first-order valence-electron chi connectivity index (χ1n) is 8.17. The van der Waals surface area contributed by atoms with Gasteiger partial charge in [-0.25, -0.2) is 4.39 Å². The summed E-state index contributed by atoms with van der Waals surface area (Å²) in [6.07, 6.45) is 5.07. The van der Waals surface area contributed by atoms with Gasteiger partial charge < -0.3 is 10.0 Å². The number of aryl methyl sites for hydroxylation is 1. The molecule has 24 heavy (non-hydrogen) atoms. The second kappa shape index (κ2) is 9.13. The molecule has 0 bridgehead atoms. The van der Waals surface area contributed by atoms with E-state index in [-0.39, 0.29) is 24.4 Å². The zero-order valence-electron chi connectivity index (χ0n) is 13.9. The Hall–Kier alpha value is -2.27. The normalized spacial score (nSPS) is 12.0. The second-order valence-corrected chi connectivity index (χ2v) is 5.75. The summed E-state index contributed by atoms with van der Waals surface area (Å²) in [4.78, 5) is 18.4. The van der Waals surface area contributed by atoms with Crippen molar-refractivity contribution < 1.29 is 14.3 Å². The fourth-order valence-electron chi connectivity index (χ4n) is 2.60. The summed E-state index contributed by atoms with van der Waals surface area (Å²) in [5, 5.41) is 9.59. The van der Waals surface area contributed by atoms with E-state index in [0.29, 0.717) is 25.8 Å². The Kier molecular flexibility index (Phi) is 6.88. The number of benzene rings is 1. The Morgan fingerprint density at radius 1 is 1.25 bits per heavy atom. The number of halogens is 1. The van der Waals surface area contributed by atoms with Crippen LogP contribution in [0.25, 0.3) is 0 Å². The largest absolute Gasteiger partial charge is 0.394 e. The van der Waals surface area contributed by atoms with Crippen molar-refractivity contribution in [3.8, 4) is 0 Å². The molecule has 0 aliphatic rings. The molecule has 1 aromatic heterocycles. The molecule has 2 aromatic rings. The van der Waals surface area contributed by atoms with Crippen molar-refractivity contribution in [2.75, 3.05) is 6.61 Å². The molecule has 1 atom stereocenters. The van der Waals surface area contributed by atoms with Crippen molar-refractivity contribution in [2.45, 2.75) is 38.8 Å². The molecule has 4 nitrogen and oxygen atoms in total. The number of hydrogen-bond donors (Lipinski definition) is 1. The second-order valence-electron chi connectivity index (χ2n) is 5.75. The zero-order chi connectivity index (χ0) is 17.4. The summed E-state index contributed by atoms with van der Waals surface area (Å²) in [6.45, 7) is 2.22. The smallest absolute Gasteiger partial charge is 0.223 e. The van der Waals surface area contributed by atoms with Gasteiger partial charge in [0.25, 0.3) is 0 Å². The minimum absolute atomic E-state index is 0.0240. The third-order valence-corrected chi connectivity index (χ3v) is 4.06. The minimum atomic E-state index is -0.303. The lowest BCUT2D eigenvalue weighted by Gasteiger charge is -2.30. The Bertz CT molecular complexity index is 628. The van der Waals surface area contributed by atoms with Crippen LogP contribution in [0.1, 0.15) is 30.9 Å². The maximum Gasteiger partial charge on any atom is 0.223 e. The van der Waals surface area contributed by atoms with Gasteiger partial charge in [0.05, 0.1) is 12.6 Å². The molecule has 0 radical (unpaired) electrons. The molecule has 2 rings (SSSR count). The Morgan fingerprint density at radius 3 is 2.58 bits per heavy atom. The van der Waals surface area contributed by atoms with Crippen LogP contribution >= 0.6 is 0 Å². The van der Waals surface area contributed by atoms with E-state index in [9.17, 15) is 14.3 Å². The summed E-state index contributed by atoms with van der Waals surface area (Å²) in [6, 6.07) is 9.64. The van der Waals surface area contributed by atoms with Crippen LogP contribution in [-0.4, -0.2) is 33.5 Å². The van der Waals surface area contributed by atoms with Crippen molar-refractivity contribution in [1.82, 2.24) is 9.88 Å². The summed E-state index contributed by atoms with van der Waals surface area (Å²) >= 11 is 0. The van der Waals surface area contributed by atoms with E-state index in [4.69, 9.17) is 0 Å². The Labute approximate surface area is 142 Å². The number of nitrogens with zero attached hydrogens (tertiary/aromatic N) is 2. The molecule has 5 heteroatoms. The van der Waals surface area contributed by atoms with Gasteiger partial charge in [0.15, 0.2) is 0 Å². The van der Waals surface area contributed by atoms with Gasteiger partial charge in [0.1, 0.15) is 5.82 Å². The molecule has 0 fully saturated rings. The highest BCUT2D eigenvalue weighted by atomic mass is 19.1. The van der Waals surface area contributed by atoms with Gasteiger partial charge in [0.2, 0.25) is 5.91 Å².